The predicted molar refractivity (Wildman–Crippen MR) is 84.9 cm³/mol. The van der Waals surface area contributed by atoms with Gasteiger partial charge in [0.05, 0.1) is 25.9 Å². The highest BCUT2D eigenvalue weighted by molar-refractivity contribution is 6.31. The quantitative estimate of drug-likeness (QED) is 0.943. The summed E-state index contributed by atoms with van der Waals surface area (Å²) >= 11 is 6.08. The molecule has 1 aromatic carbocycles. The first-order chi connectivity index (χ1) is 10.1. The van der Waals surface area contributed by atoms with E-state index < -0.39 is 0 Å². The molecular formula is C16H21ClN2O2. The molecule has 0 spiro atoms. The molecule has 0 aliphatic carbocycles. The van der Waals surface area contributed by atoms with Crippen molar-refractivity contribution in [1.29, 1.82) is 0 Å². The van der Waals surface area contributed by atoms with Crippen LogP contribution in [0.15, 0.2) is 18.2 Å². The monoisotopic (exact) mass is 308 g/mol. The fourth-order valence-corrected chi connectivity index (χ4v) is 3.01. The number of halogens is 1. The van der Waals surface area contributed by atoms with Crippen molar-refractivity contribution in [3.63, 3.8) is 0 Å². The van der Waals surface area contributed by atoms with Crippen LogP contribution in [0, 0.1) is 6.92 Å². The van der Waals surface area contributed by atoms with E-state index in [1.54, 1.807) is 0 Å². The van der Waals surface area contributed by atoms with E-state index in [1.807, 2.05) is 18.2 Å². The molecule has 0 radical (unpaired) electrons. The van der Waals surface area contributed by atoms with E-state index in [9.17, 15) is 0 Å². The van der Waals surface area contributed by atoms with Gasteiger partial charge in [0.25, 0.3) is 0 Å². The molecule has 1 aromatic heterocycles. The maximum atomic E-state index is 6.08. The summed E-state index contributed by atoms with van der Waals surface area (Å²) in [6.07, 6.45) is 0.169. The molecule has 1 fully saturated rings. The van der Waals surface area contributed by atoms with Gasteiger partial charge in [-0.25, -0.2) is 0 Å². The molecular weight excluding hydrogens is 288 g/mol. The molecule has 1 N–H and O–H groups in total. The molecule has 1 unspecified atom stereocenters. The summed E-state index contributed by atoms with van der Waals surface area (Å²) in [6, 6.07) is 5.97. The van der Waals surface area contributed by atoms with Gasteiger partial charge in [0.2, 0.25) is 0 Å². The van der Waals surface area contributed by atoms with Crippen LogP contribution in [0.3, 0.4) is 0 Å². The second-order valence-corrected chi connectivity index (χ2v) is 6.12. The Kier molecular flexibility index (Phi) is 4.50. The number of rotatable bonds is 4. The van der Waals surface area contributed by atoms with Crippen molar-refractivity contribution in [1.82, 2.24) is 9.88 Å². The largest absolute Gasteiger partial charge is 0.376 e. The third kappa shape index (κ3) is 3.40. The smallest absolute Gasteiger partial charge is 0.0936 e. The standard InChI is InChI=1S/C16H21ClN2O2/c1-11-14-7-12(17)3-4-15(14)18-16(11)9-19(2)8-13-10-20-5-6-21-13/h3-4,7,13,18H,5-6,8-10H2,1-2H3. The van der Waals surface area contributed by atoms with Crippen molar-refractivity contribution in [2.24, 2.45) is 0 Å². The third-order valence-electron chi connectivity index (χ3n) is 3.95. The van der Waals surface area contributed by atoms with Crippen molar-refractivity contribution in [2.45, 2.75) is 19.6 Å². The third-order valence-corrected chi connectivity index (χ3v) is 4.19. The van der Waals surface area contributed by atoms with Crippen LogP contribution in [-0.2, 0) is 16.0 Å². The lowest BCUT2D eigenvalue weighted by molar-refractivity contribution is -0.0963. The molecule has 114 valence electrons. The molecule has 1 aliphatic heterocycles. The first kappa shape index (κ1) is 14.9. The van der Waals surface area contributed by atoms with E-state index in [1.165, 1.54) is 16.6 Å². The molecule has 0 bridgehead atoms. The van der Waals surface area contributed by atoms with Crippen LogP contribution in [0.2, 0.25) is 5.02 Å². The lowest BCUT2D eigenvalue weighted by atomic mass is 10.1. The molecule has 3 rings (SSSR count). The number of nitrogens with one attached hydrogen (secondary N) is 1. The van der Waals surface area contributed by atoms with E-state index in [2.05, 4.69) is 23.9 Å². The van der Waals surface area contributed by atoms with Gasteiger partial charge in [0.15, 0.2) is 0 Å². The zero-order valence-corrected chi connectivity index (χ0v) is 13.2. The number of nitrogens with zero attached hydrogens (tertiary/aromatic N) is 1. The topological polar surface area (TPSA) is 37.5 Å². The van der Waals surface area contributed by atoms with Crippen LogP contribution >= 0.6 is 11.6 Å². The molecule has 1 aliphatic rings. The number of aryl methyl sites for hydroxylation is 1. The van der Waals surface area contributed by atoms with E-state index in [-0.39, 0.29) is 6.10 Å². The highest BCUT2D eigenvalue weighted by atomic mass is 35.5. The Morgan fingerprint density at radius 3 is 3.00 bits per heavy atom. The zero-order valence-electron chi connectivity index (χ0n) is 12.5. The first-order valence-electron chi connectivity index (χ1n) is 7.28. The van der Waals surface area contributed by atoms with Crippen LogP contribution in [-0.4, -0.2) is 49.4 Å². The summed E-state index contributed by atoms with van der Waals surface area (Å²) in [5, 5.41) is 1.97. The van der Waals surface area contributed by atoms with Gasteiger partial charge in [-0.3, -0.25) is 4.90 Å². The van der Waals surface area contributed by atoms with Gasteiger partial charge < -0.3 is 14.5 Å². The highest BCUT2D eigenvalue weighted by Gasteiger charge is 2.17. The van der Waals surface area contributed by atoms with Gasteiger partial charge in [-0.2, -0.15) is 0 Å². The Morgan fingerprint density at radius 2 is 2.24 bits per heavy atom. The van der Waals surface area contributed by atoms with Gasteiger partial charge in [0, 0.05) is 34.7 Å². The zero-order chi connectivity index (χ0) is 14.8. The average Bonchev–Trinajstić information content (AvgIpc) is 2.76. The first-order valence-corrected chi connectivity index (χ1v) is 7.66. The van der Waals surface area contributed by atoms with Crippen molar-refractivity contribution in [3.8, 4) is 0 Å². The summed E-state index contributed by atoms with van der Waals surface area (Å²) in [4.78, 5) is 5.75. The Bertz CT molecular complexity index is 620. The van der Waals surface area contributed by atoms with E-state index in [0.29, 0.717) is 19.8 Å². The fourth-order valence-electron chi connectivity index (χ4n) is 2.84. The molecule has 4 nitrogen and oxygen atoms in total. The number of ether oxygens (including phenoxy) is 2. The number of hydrogen-bond donors (Lipinski definition) is 1. The molecule has 1 atom stereocenters. The Balaban J connectivity index is 1.70. The van der Waals surface area contributed by atoms with Gasteiger partial charge in [-0.15, -0.1) is 0 Å². The molecule has 0 saturated carbocycles. The van der Waals surface area contributed by atoms with Crippen LogP contribution in [0.5, 0.6) is 0 Å². The van der Waals surface area contributed by atoms with Crippen LogP contribution in [0.25, 0.3) is 10.9 Å². The predicted octanol–water partition coefficient (Wildman–Crippen LogP) is 2.98. The Hall–Kier alpha value is -1.07. The minimum atomic E-state index is 0.169. The van der Waals surface area contributed by atoms with Crippen molar-refractivity contribution >= 4 is 22.5 Å². The van der Waals surface area contributed by atoms with Crippen LogP contribution in [0.1, 0.15) is 11.3 Å². The molecule has 21 heavy (non-hydrogen) atoms. The average molecular weight is 309 g/mol. The van der Waals surface area contributed by atoms with Gasteiger partial charge >= 0.3 is 0 Å². The molecule has 0 amide bonds. The van der Waals surface area contributed by atoms with Crippen molar-refractivity contribution in [2.75, 3.05) is 33.4 Å². The van der Waals surface area contributed by atoms with Gasteiger partial charge in [-0.1, -0.05) is 11.6 Å². The van der Waals surface area contributed by atoms with Crippen molar-refractivity contribution < 1.29 is 9.47 Å². The fraction of sp³-hybridized carbons (Fsp3) is 0.500. The number of aromatic nitrogens is 1. The summed E-state index contributed by atoms with van der Waals surface area (Å²) in [6.45, 7) is 5.96. The van der Waals surface area contributed by atoms with Crippen LogP contribution in [0.4, 0.5) is 0 Å². The number of benzene rings is 1. The summed E-state index contributed by atoms with van der Waals surface area (Å²) in [5.41, 5.74) is 3.63. The van der Waals surface area contributed by atoms with E-state index in [0.717, 1.165) is 23.6 Å². The lowest BCUT2D eigenvalue weighted by Gasteiger charge is -2.27. The normalized spacial score (nSPS) is 19.5. The summed E-state index contributed by atoms with van der Waals surface area (Å²) in [5.74, 6) is 0. The second kappa shape index (κ2) is 6.36. The maximum absolute atomic E-state index is 6.08. The summed E-state index contributed by atoms with van der Waals surface area (Å²) < 4.78 is 11.1. The maximum Gasteiger partial charge on any atom is 0.0936 e. The van der Waals surface area contributed by atoms with Gasteiger partial charge in [-0.05, 0) is 37.7 Å². The minimum Gasteiger partial charge on any atom is -0.376 e. The Morgan fingerprint density at radius 1 is 1.38 bits per heavy atom. The second-order valence-electron chi connectivity index (χ2n) is 5.68. The van der Waals surface area contributed by atoms with Crippen LogP contribution < -0.4 is 0 Å². The Labute approximate surface area is 130 Å². The molecule has 2 heterocycles. The summed E-state index contributed by atoms with van der Waals surface area (Å²) in [7, 11) is 2.11. The molecule has 5 heteroatoms. The lowest BCUT2D eigenvalue weighted by Crippen LogP contribution is -2.38. The number of aromatic amines is 1. The van der Waals surface area contributed by atoms with Crippen molar-refractivity contribution in [3.05, 3.63) is 34.5 Å². The number of fused-ring (bicyclic) bond motifs is 1. The highest BCUT2D eigenvalue weighted by Crippen LogP contribution is 2.25. The number of H-pyrrole nitrogens is 1. The molecule has 2 aromatic rings. The van der Waals surface area contributed by atoms with E-state index >= 15 is 0 Å². The minimum absolute atomic E-state index is 0.169. The number of likely N-dealkylation sites (N-methyl/N-ethyl adjacent to an activating group) is 1. The SMILES string of the molecule is Cc1c(CN(C)CC2COCCO2)[nH]c2ccc(Cl)cc12. The van der Waals surface area contributed by atoms with E-state index in [4.69, 9.17) is 21.1 Å². The molecule has 1 saturated heterocycles. The van der Waals surface area contributed by atoms with Gasteiger partial charge in [0.1, 0.15) is 0 Å². The number of hydrogen-bond acceptors (Lipinski definition) is 3.